The van der Waals surface area contributed by atoms with Gasteiger partial charge in [-0.15, -0.1) is 0 Å². The number of benzene rings is 1. The number of anilines is 1. The van der Waals surface area contributed by atoms with Crippen LogP contribution in [0, 0.1) is 0 Å². The Kier molecular flexibility index (Phi) is 5.34. The molecule has 3 N–H and O–H groups in total. The average molecular weight is 304 g/mol. The number of rotatable bonds is 6. The van der Waals surface area contributed by atoms with Crippen molar-refractivity contribution >= 4 is 28.8 Å². The zero-order valence-corrected chi connectivity index (χ0v) is 12.2. The van der Waals surface area contributed by atoms with Crippen molar-refractivity contribution in [3.8, 4) is 5.75 Å². The molecule has 0 atom stereocenters. The average Bonchev–Trinajstić information content (AvgIpc) is 2.97. The van der Waals surface area contributed by atoms with Gasteiger partial charge in [-0.25, -0.2) is 0 Å². The number of hydrogen-bond donors (Lipinski definition) is 3. The van der Waals surface area contributed by atoms with Gasteiger partial charge < -0.3 is 15.7 Å². The maximum atomic E-state index is 11.7. The SMILES string of the molecule is O=C(CCCNC(=O)c1ccsc1)Nc1cccc(O)c1. The lowest BCUT2D eigenvalue weighted by molar-refractivity contribution is -0.116. The van der Waals surface area contributed by atoms with Crippen molar-refractivity contribution in [1.82, 2.24) is 5.32 Å². The van der Waals surface area contributed by atoms with E-state index in [1.54, 1.807) is 23.6 Å². The third-order valence-electron chi connectivity index (χ3n) is 2.78. The van der Waals surface area contributed by atoms with Crippen LogP contribution in [0.15, 0.2) is 41.1 Å². The Labute approximate surface area is 126 Å². The third-order valence-corrected chi connectivity index (χ3v) is 3.46. The Morgan fingerprint density at radius 2 is 2.10 bits per heavy atom. The summed E-state index contributed by atoms with van der Waals surface area (Å²) in [6.07, 6.45) is 0.861. The molecule has 0 aliphatic heterocycles. The van der Waals surface area contributed by atoms with Gasteiger partial charge in [-0.1, -0.05) is 6.07 Å². The number of carbonyl (C=O) groups excluding carboxylic acids is 2. The largest absolute Gasteiger partial charge is 0.508 e. The van der Waals surface area contributed by atoms with Crippen LogP contribution in [0.1, 0.15) is 23.2 Å². The van der Waals surface area contributed by atoms with E-state index < -0.39 is 0 Å². The van der Waals surface area contributed by atoms with Gasteiger partial charge in [-0.3, -0.25) is 9.59 Å². The topological polar surface area (TPSA) is 78.4 Å². The summed E-state index contributed by atoms with van der Waals surface area (Å²) < 4.78 is 0. The first-order chi connectivity index (χ1) is 10.1. The van der Waals surface area contributed by atoms with E-state index in [-0.39, 0.29) is 17.6 Å². The Balaban J connectivity index is 1.67. The molecule has 0 bridgehead atoms. The van der Waals surface area contributed by atoms with Crippen molar-refractivity contribution in [3.63, 3.8) is 0 Å². The molecule has 0 aliphatic rings. The first kappa shape index (κ1) is 15.1. The van der Waals surface area contributed by atoms with Crippen LogP contribution in [0.5, 0.6) is 5.75 Å². The maximum Gasteiger partial charge on any atom is 0.252 e. The van der Waals surface area contributed by atoms with Crippen molar-refractivity contribution in [2.24, 2.45) is 0 Å². The highest BCUT2D eigenvalue weighted by molar-refractivity contribution is 7.08. The molecular formula is C15H16N2O3S. The van der Waals surface area contributed by atoms with Crippen LogP contribution in [-0.2, 0) is 4.79 Å². The summed E-state index contributed by atoms with van der Waals surface area (Å²) in [5, 5.41) is 18.4. The molecule has 0 saturated carbocycles. The van der Waals surface area contributed by atoms with Crippen LogP contribution in [0.2, 0.25) is 0 Å². The van der Waals surface area contributed by atoms with Gasteiger partial charge in [0.2, 0.25) is 5.91 Å². The Morgan fingerprint density at radius 3 is 2.81 bits per heavy atom. The van der Waals surface area contributed by atoms with Gasteiger partial charge in [0.25, 0.3) is 5.91 Å². The second kappa shape index (κ2) is 7.44. The number of carbonyl (C=O) groups is 2. The fraction of sp³-hybridized carbons (Fsp3) is 0.200. The van der Waals surface area contributed by atoms with Crippen LogP contribution in [0.4, 0.5) is 5.69 Å². The van der Waals surface area contributed by atoms with Crippen LogP contribution in [0.25, 0.3) is 0 Å². The molecule has 0 fully saturated rings. The Hall–Kier alpha value is -2.34. The number of thiophene rings is 1. The van der Waals surface area contributed by atoms with E-state index in [0.717, 1.165) is 0 Å². The van der Waals surface area contributed by atoms with E-state index in [4.69, 9.17) is 0 Å². The summed E-state index contributed by atoms with van der Waals surface area (Å²) in [4.78, 5) is 23.3. The highest BCUT2D eigenvalue weighted by atomic mass is 32.1. The lowest BCUT2D eigenvalue weighted by atomic mass is 10.2. The second-order valence-electron chi connectivity index (χ2n) is 4.47. The smallest absolute Gasteiger partial charge is 0.252 e. The zero-order valence-electron chi connectivity index (χ0n) is 11.3. The number of aromatic hydroxyl groups is 1. The monoisotopic (exact) mass is 304 g/mol. The van der Waals surface area contributed by atoms with Crippen LogP contribution >= 0.6 is 11.3 Å². The molecule has 1 aromatic carbocycles. The maximum absolute atomic E-state index is 11.7. The molecule has 110 valence electrons. The molecule has 2 amide bonds. The van der Waals surface area contributed by atoms with Gasteiger partial charge >= 0.3 is 0 Å². The summed E-state index contributed by atoms with van der Waals surface area (Å²) in [6, 6.07) is 8.14. The van der Waals surface area contributed by atoms with E-state index in [2.05, 4.69) is 10.6 Å². The van der Waals surface area contributed by atoms with Crippen molar-refractivity contribution in [3.05, 3.63) is 46.7 Å². The summed E-state index contributed by atoms with van der Waals surface area (Å²) in [5.74, 6) is -0.161. The first-order valence-electron chi connectivity index (χ1n) is 6.54. The number of nitrogens with one attached hydrogen (secondary N) is 2. The number of phenols is 1. The molecule has 0 saturated heterocycles. The van der Waals surface area contributed by atoms with Gasteiger partial charge in [0, 0.05) is 35.7 Å². The highest BCUT2D eigenvalue weighted by Gasteiger charge is 2.06. The summed E-state index contributed by atoms with van der Waals surface area (Å²) in [6.45, 7) is 0.447. The van der Waals surface area contributed by atoms with Crippen LogP contribution in [0.3, 0.4) is 0 Å². The van der Waals surface area contributed by atoms with Crippen LogP contribution < -0.4 is 10.6 Å². The van der Waals surface area contributed by atoms with Crippen molar-refractivity contribution in [1.29, 1.82) is 0 Å². The van der Waals surface area contributed by atoms with E-state index in [1.165, 1.54) is 23.5 Å². The molecule has 2 rings (SSSR count). The molecule has 1 heterocycles. The van der Waals surface area contributed by atoms with Gasteiger partial charge in [0.15, 0.2) is 0 Å². The van der Waals surface area contributed by atoms with Crippen LogP contribution in [-0.4, -0.2) is 23.5 Å². The lowest BCUT2D eigenvalue weighted by Gasteiger charge is -2.06. The van der Waals surface area contributed by atoms with Gasteiger partial charge in [-0.2, -0.15) is 11.3 Å². The Bertz CT molecular complexity index is 611. The minimum Gasteiger partial charge on any atom is -0.508 e. The molecule has 0 unspecified atom stereocenters. The number of phenolic OH excluding ortho intramolecular Hbond substituents is 1. The first-order valence-corrected chi connectivity index (χ1v) is 7.49. The van der Waals surface area contributed by atoms with E-state index >= 15 is 0 Å². The van der Waals surface area contributed by atoms with Gasteiger partial charge in [-0.05, 0) is 30.0 Å². The molecule has 0 spiro atoms. The minimum absolute atomic E-state index is 0.107. The molecule has 0 radical (unpaired) electrons. The zero-order chi connectivity index (χ0) is 15.1. The predicted octanol–water partition coefficient (Wildman–Crippen LogP) is 2.60. The minimum atomic E-state index is -0.148. The number of hydrogen-bond acceptors (Lipinski definition) is 4. The predicted molar refractivity (Wildman–Crippen MR) is 82.6 cm³/mol. The molecule has 2 aromatic rings. The van der Waals surface area contributed by atoms with Gasteiger partial charge in [0.05, 0.1) is 0 Å². The summed E-state index contributed by atoms with van der Waals surface area (Å²) >= 11 is 1.47. The molecule has 5 nitrogen and oxygen atoms in total. The second-order valence-corrected chi connectivity index (χ2v) is 5.25. The van der Waals surface area contributed by atoms with E-state index in [0.29, 0.717) is 30.6 Å². The van der Waals surface area contributed by atoms with Gasteiger partial charge in [0.1, 0.15) is 5.75 Å². The summed E-state index contributed by atoms with van der Waals surface area (Å²) in [7, 11) is 0. The highest BCUT2D eigenvalue weighted by Crippen LogP contribution is 2.15. The molecule has 0 aliphatic carbocycles. The van der Waals surface area contributed by atoms with Crippen molar-refractivity contribution in [2.75, 3.05) is 11.9 Å². The quantitative estimate of drug-likeness (QED) is 0.718. The third kappa shape index (κ3) is 4.92. The fourth-order valence-electron chi connectivity index (χ4n) is 1.75. The molecule has 21 heavy (non-hydrogen) atoms. The molecular weight excluding hydrogens is 288 g/mol. The summed E-state index contributed by atoms with van der Waals surface area (Å²) in [5.41, 5.74) is 1.20. The normalized spacial score (nSPS) is 10.1. The standard InChI is InChI=1S/C15H16N2O3S/c18-13-4-1-3-12(9-13)17-14(19)5-2-7-16-15(20)11-6-8-21-10-11/h1,3-4,6,8-10,18H,2,5,7H2,(H,16,20)(H,17,19). The Morgan fingerprint density at radius 1 is 1.24 bits per heavy atom. The molecule has 6 heteroatoms. The lowest BCUT2D eigenvalue weighted by Crippen LogP contribution is -2.25. The van der Waals surface area contributed by atoms with E-state index in [9.17, 15) is 14.7 Å². The van der Waals surface area contributed by atoms with Crippen molar-refractivity contribution in [2.45, 2.75) is 12.8 Å². The van der Waals surface area contributed by atoms with E-state index in [1.807, 2.05) is 5.38 Å². The molecule has 1 aromatic heterocycles. The number of amides is 2. The fourth-order valence-corrected chi connectivity index (χ4v) is 2.39. The van der Waals surface area contributed by atoms with Crippen molar-refractivity contribution < 1.29 is 14.7 Å².